The van der Waals surface area contributed by atoms with Gasteiger partial charge in [0.05, 0.1) is 18.0 Å². The molecule has 0 aromatic heterocycles. The van der Waals surface area contributed by atoms with Crippen LogP contribution in [0.2, 0.25) is 0 Å². The number of hydrogen-bond donors (Lipinski definition) is 0. The zero-order valence-electron chi connectivity index (χ0n) is 15.4. The van der Waals surface area contributed by atoms with E-state index in [2.05, 4.69) is 58.3 Å². The van der Waals surface area contributed by atoms with Gasteiger partial charge in [-0.2, -0.15) is 5.26 Å². The summed E-state index contributed by atoms with van der Waals surface area (Å²) < 4.78 is 0. The second-order valence-electron chi connectivity index (χ2n) is 6.24. The molecule has 0 atom stereocenters. The van der Waals surface area contributed by atoms with Crippen LogP contribution in [0.1, 0.15) is 6.42 Å². The lowest BCUT2D eigenvalue weighted by Gasteiger charge is -2.35. The van der Waals surface area contributed by atoms with Crippen LogP contribution in [0.3, 0.4) is 0 Å². The van der Waals surface area contributed by atoms with Crippen molar-refractivity contribution in [2.75, 3.05) is 37.6 Å². The molecule has 3 rings (SSSR count). The Morgan fingerprint density at radius 3 is 2.14 bits per heavy atom. The minimum Gasteiger partial charge on any atom is -0.545 e. The smallest absolute Gasteiger partial charge is 0.0643 e. The van der Waals surface area contributed by atoms with Crippen molar-refractivity contribution in [3.05, 3.63) is 54.6 Å². The Morgan fingerprint density at radius 1 is 0.964 bits per heavy atom. The van der Waals surface area contributed by atoms with Gasteiger partial charge < -0.3 is 24.7 Å². The minimum absolute atomic E-state index is 0.384. The van der Waals surface area contributed by atoms with Crippen molar-refractivity contribution in [1.29, 1.82) is 5.26 Å². The van der Waals surface area contributed by atoms with E-state index >= 15 is 0 Å². The summed E-state index contributed by atoms with van der Waals surface area (Å²) in [5.74, 6) is -3.09. The van der Waals surface area contributed by atoms with Gasteiger partial charge in [-0.05, 0) is 35.1 Å². The van der Waals surface area contributed by atoms with Crippen LogP contribution in [0.5, 0.6) is 0 Å². The van der Waals surface area contributed by atoms with Gasteiger partial charge in [0.1, 0.15) is 0 Å². The summed E-state index contributed by atoms with van der Waals surface area (Å²) in [7, 11) is 0. The quantitative estimate of drug-likeness (QED) is 0.668. The van der Waals surface area contributed by atoms with Gasteiger partial charge in [-0.1, -0.05) is 30.3 Å². The summed E-state index contributed by atoms with van der Waals surface area (Å²) in [6.45, 7) is 5.10. The van der Waals surface area contributed by atoms with Gasteiger partial charge in [0.15, 0.2) is 0 Å². The van der Waals surface area contributed by atoms with E-state index in [-0.39, 0.29) is 0 Å². The van der Waals surface area contributed by atoms with E-state index in [1.165, 1.54) is 16.5 Å². The molecule has 7 nitrogen and oxygen atoms in total. The molecule has 1 heterocycles. The summed E-state index contributed by atoms with van der Waals surface area (Å²) in [5, 5.41) is 30.1. The standard InChI is InChI=1S/C17H19N3.C4H4O4/c18-8-3-9-19-10-12-20(13-11-19)17-7-6-15-4-1-2-5-16(15)14-17;5-3(6)1-2-4(7)8/h1-2,4-7,14H,3,9-13H2;1-2H,(H,5,6)(H,7,8)/p-2. The highest BCUT2D eigenvalue weighted by molar-refractivity contribution is 5.87. The third kappa shape index (κ3) is 6.74. The van der Waals surface area contributed by atoms with Crippen molar-refractivity contribution in [1.82, 2.24) is 4.90 Å². The molecule has 1 aliphatic rings. The van der Waals surface area contributed by atoms with Crippen LogP contribution in [0.15, 0.2) is 54.6 Å². The monoisotopic (exact) mass is 379 g/mol. The number of fused-ring (bicyclic) bond motifs is 1. The van der Waals surface area contributed by atoms with Gasteiger partial charge in [0.25, 0.3) is 0 Å². The fraction of sp³-hybridized carbons (Fsp3) is 0.286. The molecule has 0 N–H and O–H groups in total. The Bertz CT molecular complexity index is 865. The summed E-state index contributed by atoms with van der Waals surface area (Å²) in [6.07, 6.45) is 1.40. The van der Waals surface area contributed by atoms with Gasteiger partial charge in [0, 0.05) is 44.8 Å². The molecule has 0 unspecified atom stereocenters. The van der Waals surface area contributed by atoms with Crippen molar-refractivity contribution < 1.29 is 19.8 Å². The predicted octanol–water partition coefficient (Wildman–Crippen LogP) is -0.0821. The lowest BCUT2D eigenvalue weighted by Crippen LogP contribution is -2.46. The summed E-state index contributed by atoms with van der Waals surface area (Å²) in [5.41, 5.74) is 1.31. The van der Waals surface area contributed by atoms with E-state index < -0.39 is 11.9 Å². The Kier molecular flexibility index (Phi) is 8.00. The normalized spacial score (nSPS) is 14.3. The first-order chi connectivity index (χ1) is 13.5. The zero-order chi connectivity index (χ0) is 20.4. The highest BCUT2D eigenvalue weighted by atomic mass is 16.4. The molecule has 146 valence electrons. The van der Waals surface area contributed by atoms with E-state index in [1.54, 1.807) is 0 Å². The number of nitriles is 1. The van der Waals surface area contributed by atoms with E-state index in [0.29, 0.717) is 18.6 Å². The highest BCUT2D eigenvalue weighted by Gasteiger charge is 2.16. The maximum Gasteiger partial charge on any atom is 0.0643 e. The van der Waals surface area contributed by atoms with E-state index in [0.717, 1.165) is 32.7 Å². The largest absolute Gasteiger partial charge is 0.545 e. The fourth-order valence-corrected chi connectivity index (χ4v) is 2.95. The second-order valence-corrected chi connectivity index (χ2v) is 6.24. The molecule has 0 bridgehead atoms. The highest BCUT2D eigenvalue weighted by Crippen LogP contribution is 2.23. The van der Waals surface area contributed by atoms with Crippen molar-refractivity contribution in [3.63, 3.8) is 0 Å². The number of anilines is 1. The Balaban J connectivity index is 0.000000300. The van der Waals surface area contributed by atoms with Crippen LogP contribution in [-0.4, -0.2) is 49.6 Å². The first-order valence-electron chi connectivity index (χ1n) is 8.92. The van der Waals surface area contributed by atoms with Crippen molar-refractivity contribution in [2.45, 2.75) is 6.42 Å². The molecular formula is C21H21N3O4-2. The molecule has 0 radical (unpaired) electrons. The van der Waals surface area contributed by atoms with Crippen LogP contribution in [0.25, 0.3) is 10.8 Å². The zero-order valence-corrected chi connectivity index (χ0v) is 15.4. The Labute approximate surface area is 163 Å². The predicted molar refractivity (Wildman–Crippen MR) is 102 cm³/mol. The maximum absolute atomic E-state index is 9.41. The molecule has 2 aromatic rings. The van der Waals surface area contributed by atoms with Gasteiger partial charge >= 0.3 is 0 Å². The Morgan fingerprint density at radius 2 is 1.57 bits per heavy atom. The minimum atomic E-state index is -1.55. The topological polar surface area (TPSA) is 111 Å². The number of rotatable bonds is 5. The molecule has 1 aliphatic heterocycles. The van der Waals surface area contributed by atoms with Crippen molar-refractivity contribution in [2.24, 2.45) is 0 Å². The second kappa shape index (κ2) is 10.7. The van der Waals surface area contributed by atoms with Crippen molar-refractivity contribution >= 4 is 28.4 Å². The number of hydrogen-bond acceptors (Lipinski definition) is 7. The molecular weight excluding hydrogens is 358 g/mol. The van der Waals surface area contributed by atoms with Gasteiger partial charge in [0.2, 0.25) is 0 Å². The lowest BCUT2D eigenvalue weighted by atomic mass is 10.1. The van der Waals surface area contributed by atoms with E-state index in [1.807, 2.05) is 0 Å². The number of nitrogens with zero attached hydrogens (tertiary/aromatic N) is 3. The number of carbonyl (C=O) groups is 2. The molecule has 0 amide bonds. The number of aliphatic carboxylic acids is 2. The molecule has 1 fully saturated rings. The van der Waals surface area contributed by atoms with Crippen LogP contribution in [0, 0.1) is 11.3 Å². The first-order valence-corrected chi connectivity index (χ1v) is 8.92. The molecule has 2 aromatic carbocycles. The molecule has 0 spiro atoms. The fourth-order valence-electron chi connectivity index (χ4n) is 2.95. The molecule has 28 heavy (non-hydrogen) atoms. The summed E-state index contributed by atoms with van der Waals surface area (Å²) in [6, 6.07) is 17.4. The molecule has 0 aliphatic carbocycles. The van der Waals surface area contributed by atoms with Gasteiger partial charge in [-0.25, -0.2) is 0 Å². The summed E-state index contributed by atoms with van der Waals surface area (Å²) in [4.78, 5) is 23.6. The van der Waals surface area contributed by atoms with E-state index in [4.69, 9.17) is 5.26 Å². The van der Waals surface area contributed by atoms with Crippen LogP contribution < -0.4 is 15.1 Å². The number of piperazine rings is 1. The molecule has 1 saturated heterocycles. The van der Waals surface area contributed by atoms with E-state index in [9.17, 15) is 19.8 Å². The van der Waals surface area contributed by atoms with Gasteiger partial charge in [-0.3, -0.25) is 4.90 Å². The number of benzene rings is 2. The third-order valence-electron chi connectivity index (χ3n) is 4.37. The number of carbonyl (C=O) groups excluding carboxylic acids is 2. The van der Waals surface area contributed by atoms with Crippen LogP contribution in [-0.2, 0) is 9.59 Å². The average Bonchev–Trinajstić information content (AvgIpc) is 2.71. The van der Waals surface area contributed by atoms with Crippen LogP contribution in [0.4, 0.5) is 5.69 Å². The number of carboxylic acids is 2. The maximum atomic E-state index is 9.41. The Hall–Kier alpha value is -3.37. The lowest BCUT2D eigenvalue weighted by molar-refractivity contribution is -0.301. The molecule has 7 heteroatoms. The number of carboxylic acid groups (broad SMARTS) is 2. The van der Waals surface area contributed by atoms with Crippen molar-refractivity contribution in [3.8, 4) is 6.07 Å². The first kappa shape index (κ1) is 20.9. The molecule has 0 saturated carbocycles. The summed E-state index contributed by atoms with van der Waals surface area (Å²) >= 11 is 0. The third-order valence-corrected chi connectivity index (χ3v) is 4.37. The average molecular weight is 379 g/mol. The SMILES string of the molecule is N#CCCN1CCN(c2ccc3ccccc3c2)CC1.O=C([O-])C=CC(=O)[O-]. The van der Waals surface area contributed by atoms with Gasteiger partial charge in [-0.15, -0.1) is 0 Å². The van der Waals surface area contributed by atoms with Crippen LogP contribution >= 0.6 is 0 Å².